The number of ether oxygens (including phenoxy) is 3. The van der Waals surface area contributed by atoms with E-state index in [9.17, 15) is 9.59 Å². The van der Waals surface area contributed by atoms with Crippen LogP contribution in [0.4, 0.5) is 0 Å². The maximum Gasteiger partial charge on any atom is 0.244 e. The summed E-state index contributed by atoms with van der Waals surface area (Å²) < 4.78 is 17.8. The molecule has 32 heavy (non-hydrogen) atoms. The van der Waals surface area contributed by atoms with E-state index in [1.807, 2.05) is 0 Å². The van der Waals surface area contributed by atoms with Crippen LogP contribution in [-0.2, 0) is 23.8 Å². The Morgan fingerprint density at radius 1 is 0.719 bits per heavy atom. The Morgan fingerprint density at radius 2 is 1.19 bits per heavy atom. The number of ketones is 1. The van der Waals surface area contributed by atoms with Gasteiger partial charge in [0.15, 0.2) is 5.78 Å². The molecule has 0 heterocycles. The fraction of sp³-hybridized carbons (Fsp3) is 0.769. The average Bonchev–Trinajstić information content (AvgIpc) is 2.80. The fourth-order valence-electron chi connectivity index (χ4n) is 3.22. The van der Waals surface area contributed by atoms with E-state index in [0.717, 1.165) is 38.5 Å². The molecule has 0 aromatic rings. The van der Waals surface area contributed by atoms with Crippen LogP contribution in [0.25, 0.3) is 0 Å². The monoisotopic (exact) mass is 453 g/mol. The van der Waals surface area contributed by atoms with Gasteiger partial charge >= 0.3 is 0 Å². The van der Waals surface area contributed by atoms with Crippen LogP contribution in [0.2, 0.25) is 0 Å². The number of hydrogen-bond donors (Lipinski definition) is 1. The molecule has 6 heteroatoms. The predicted molar refractivity (Wildman–Crippen MR) is 131 cm³/mol. The molecule has 0 saturated carbocycles. The smallest absolute Gasteiger partial charge is 0.244 e. The summed E-state index contributed by atoms with van der Waals surface area (Å²) in [5.74, 6) is -0.222. The van der Waals surface area contributed by atoms with E-state index in [4.69, 9.17) is 14.2 Å². The molecule has 0 aromatic heterocycles. The van der Waals surface area contributed by atoms with E-state index in [0.29, 0.717) is 39.5 Å². The molecule has 0 fully saturated rings. The third-order valence-electron chi connectivity index (χ3n) is 5.18. The highest BCUT2D eigenvalue weighted by atomic mass is 16.5. The molecular formula is C26H47NO5. The van der Waals surface area contributed by atoms with Crippen molar-refractivity contribution in [3.05, 3.63) is 25.3 Å². The summed E-state index contributed by atoms with van der Waals surface area (Å²) in [6.45, 7) is 14.1. The highest BCUT2D eigenvalue weighted by Gasteiger charge is 2.33. The molecule has 0 saturated heterocycles. The molecule has 0 spiro atoms. The van der Waals surface area contributed by atoms with E-state index in [-0.39, 0.29) is 18.3 Å². The Kier molecular flexibility index (Phi) is 20.4. The van der Waals surface area contributed by atoms with E-state index < -0.39 is 5.54 Å². The maximum absolute atomic E-state index is 12.2. The summed E-state index contributed by atoms with van der Waals surface area (Å²) in [6, 6.07) is 0. The topological polar surface area (TPSA) is 73.9 Å². The average molecular weight is 454 g/mol. The van der Waals surface area contributed by atoms with E-state index in [1.165, 1.54) is 37.8 Å². The molecule has 0 aromatic carbocycles. The van der Waals surface area contributed by atoms with Crippen LogP contribution in [-0.4, -0.2) is 56.9 Å². The van der Waals surface area contributed by atoms with Gasteiger partial charge in [-0.2, -0.15) is 0 Å². The van der Waals surface area contributed by atoms with Crippen LogP contribution < -0.4 is 5.32 Å². The minimum Gasteiger partial charge on any atom is -0.379 e. The Morgan fingerprint density at radius 3 is 1.59 bits per heavy atom. The van der Waals surface area contributed by atoms with E-state index >= 15 is 0 Å². The van der Waals surface area contributed by atoms with Gasteiger partial charge in [-0.15, -0.1) is 0 Å². The number of unbranched alkanes of at least 4 members (excludes halogenated alkanes) is 7. The number of hydrogen-bond acceptors (Lipinski definition) is 5. The molecule has 0 radical (unpaired) electrons. The zero-order valence-corrected chi connectivity index (χ0v) is 20.6. The molecule has 1 N–H and O–H groups in total. The number of nitrogens with one attached hydrogen (secondary N) is 1. The van der Waals surface area contributed by atoms with Gasteiger partial charge in [-0.25, -0.2) is 0 Å². The molecule has 0 aliphatic heterocycles. The highest BCUT2D eigenvalue weighted by Crippen LogP contribution is 2.12. The Bertz CT molecular complexity index is 490. The first-order valence-electron chi connectivity index (χ1n) is 12.4. The molecule has 0 aliphatic rings. The quantitative estimate of drug-likeness (QED) is 0.161. The second kappa shape index (κ2) is 21.4. The first-order valence-corrected chi connectivity index (χ1v) is 12.4. The van der Waals surface area contributed by atoms with Crippen molar-refractivity contribution in [3.8, 4) is 0 Å². The molecular weight excluding hydrogens is 406 g/mol. The van der Waals surface area contributed by atoms with E-state index in [2.05, 4.69) is 32.3 Å². The largest absolute Gasteiger partial charge is 0.379 e. The Labute approximate surface area is 196 Å². The zero-order valence-electron chi connectivity index (χ0n) is 20.6. The lowest BCUT2D eigenvalue weighted by Gasteiger charge is -2.34. The van der Waals surface area contributed by atoms with Crippen molar-refractivity contribution in [1.29, 1.82) is 0 Å². The molecule has 0 rings (SSSR count). The summed E-state index contributed by atoms with van der Waals surface area (Å²) in [4.78, 5) is 23.5. The van der Waals surface area contributed by atoms with Crippen LogP contribution in [0.3, 0.4) is 0 Å². The predicted octanol–water partition coefficient (Wildman–Crippen LogP) is 5.16. The molecule has 0 unspecified atom stereocenters. The molecule has 6 nitrogen and oxygen atoms in total. The van der Waals surface area contributed by atoms with Crippen molar-refractivity contribution in [3.63, 3.8) is 0 Å². The summed E-state index contributed by atoms with van der Waals surface area (Å²) in [7, 11) is 0. The number of carbonyl (C=O) groups excluding carboxylic acids is 2. The molecule has 0 bridgehead atoms. The second-order valence-electron chi connectivity index (χ2n) is 8.38. The Hall–Kier alpha value is -1.50. The van der Waals surface area contributed by atoms with Gasteiger partial charge in [0.25, 0.3) is 0 Å². The molecule has 1 amide bonds. The van der Waals surface area contributed by atoms with Gasteiger partial charge in [-0.3, -0.25) is 9.59 Å². The normalized spacial score (nSPS) is 11.3. The molecule has 0 atom stereocenters. The number of carbonyl (C=O) groups is 2. The van der Waals surface area contributed by atoms with Crippen molar-refractivity contribution < 1.29 is 23.8 Å². The fourth-order valence-corrected chi connectivity index (χ4v) is 3.22. The van der Waals surface area contributed by atoms with Crippen LogP contribution >= 0.6 is 0 Å². The number of amides is 1. The lowest BCUT2D eigenvalue weighted by molar-refractivity contribution is -0.123. The standard InChI is InChI=1S/C26H47NO5/c1-5-9-11-14-18-30-21-26(27-25(29)8-4,22-31-19-15-12-10-6-2)23-32-20-16-13-17-24(28)7-3/h7-8H,3-6,9-23H2,1-2H3,(H,27,29). The van der Waals surface area contributed by atoms with Crippen LogP contribution in [0.5, 0.6) is 0 Å². The third-order valence-corrected chi connectivity index (χ3v) is 5.18. The maximum atomic E-state index is 12.2. The van der Waals surface area contributed by atoms with Crippen molar-refractivity contribution in [2.45, 2.75) is 90.0 Å². The van der Waals surface area contributed by atoms with Crippen molar-refractivity contribution in [1.82, 2.24) is 5.32 Å². The lowest BCUT2D eigenvalue weighted by Crippen LogP contribution is -2.58. The van der Waals surface area contributed by atoms with Gasteiger partial charge in [-0.05, 0) is 37.8 Å². The summed E-state index contributed by atoms with van der Waals surface area (Å²) >= 11 is 0. The Balaban J connectivity index is 4.80. The summed E-state index contributed by atoms with van der Waals surface area (Å²) in [6.07, 6.45) is 13.6. The van der Waals surface area contributed by atoms with Crippen LogP contribution in [0, 0.1) is 0 Å². The SMILES string of the molecule is C=CC(=O)CCCCOCC(COCCCCCC)(COCCCCCC)NC(=O)C=C. The van der Waals surface area contributed by atoms with Crippen molar-refractivity contribution >= 4 is 11.7 Å². The van der Waals surface area contributed by atoms with Gasteiger partial charge in [0.1, 0.15) is 5.54 Å². The first kappa shape index (κ1) is 30.5. The van der Waals surface area contributed by atoms with Gasteiger partial charge in [0.05, 0.1) is 19.8 Å². The summed E-state index contributed by atoms with van der Waals surface area (Å²) in [5, 5.41) is 3.00. The first-order chi connectivity index (χ1) is 15.5. The lowest BCUT2D eigenvalue weighted by atomic mass is 10.0. The second-order valence-corrected chi connectivity index (χ2v) is 8.38. The van der Waals surface area contributed by atoms with Crippen LogP contribution in [0.1, 0.15) is 84.5 Å². The highest BCUT2D eigenvalue weighted by molar-refractivity contribution is 5.89. The minimum atomic E-state index is -0.766. The van der Waals surface area contributed by atoms with Crippen molar-refractivity contribution in [2.24, 2.45) is 0 Å². The zero-order chi connectivity index (χ0) is 23.9. The van der Waals surface area contributed by atoms with Crippen molar-refractivity contribution in [2.75, 3.05) is 39.6 Å². The van der Waals surface area contributed by atoms with Gasteiger partial charge < -0.3 is 19.5 Å². The molecule has 186 valence electrons. The van der Waals surface area contributed by atoms with Gasteiger partial charge in [0, 0.05) is 26.2 Å². The number of rotatable bonds is 24. The molecule has 0 aliphatic carbocycles. The summed E-state index contributed by atoms with van der Waals surface area (Å²) in [5.41, 5.74) is -0.766. The third kappa shape index (κ3) is 17.1. The van der Waals surface area contributed by atoms with E-state index in [1.54, 1.807) is 0 Å². The van der Waals surface area contributed by atoms with Gasteiger partial charge in [-0.1, -0.05) is 65.5 Å². The minimum absolute atomic E-state index is 0.0468. The number of allylic oxidation sites excluding steroid dienone is 1. The van der Waals surface area contributed by atoms with Gasteiger partial charge in [0.2, 0.25) is 5.91 Å². The van der Waals surface area contributed by atoms with Crippen LogP contribution in [0.15, 0.2) is 25.3 Å².